The van der Waals surface area contributed by atoms with Gasteiger partial charge in [-0.3, -0.25) is 0 Å². The zero-order valence-corrected chi connectivity index (χ0v) is 15.3. The van der Waals surface area contributed by atoms with Crippen LogP contribution in [0.5, 0.6) is 0 Å². The van der Waals surface area contributed by atoms with Crippen LogP contribution in [-0.4, -0.2) is 42.4 Å². The Bertz CT molecular complexity index is 386. The topological polar surface area (TPSA) is 38.8 Å². The molecule has 1 aliphatic rings. The second kappa shape index (κ2) is 9.82. The maximum absolute atomic E-state index is 12.5. The van der Waals surface area contributed by atoms with E-state index < -0.39 is 5.60 Å². The van der Waals surface area contributed by atoms with Crippen LogP contribution in [0.25, 0.3) is 0 Å². The molecular weight excluding hydrogens is 290 g/mol. The van der Waals surface area contributed by atoms with E-state index in [2.05, 4.69) is 12.8 Å². The van der Waals surface area contributed by atoms with Crippen LogP contribution in [0, 0.1) is 18.3 Å². The third-order valence-electron chi connectivity index (χ3n) is 4.13. The standard InChI is InChI=1S/C19H33NO3/c1-6-7-14-22-15-8-13-20(18(21)23-19(3,4)5)17-11-9-16(2)10-12-17/h1,16-17H,7-15H2,2-5H3/t16-,17+. The Balaban J connectivity index is 2.51. The maximum Gasteiger partial charge on any atom is 0.410 e. The Labute approximate surface area is 141 Å². The molecule has 0 N–H and O–H groups in total. The Hall–Kier alpha value is -1.21. The van der Waals surface area contributed by atoms with Gasteiger partial charge in [0.05, 0.1) is 6.61 Å². The number of carbonyl (C=O) groups excluding carboxylic acids is 1. The van der Waals surface area contributed by atoms with E-state index in [4.69, 9.17) is 15.9 Å². The largest absolute Gasteiger partial charge is 0.444 e. The molecule has 0 spiro atoms. The molecule has 1 saturated carbocycles. The van der Waals surface area contributed by atoms with Gasteiger partial charge in [0.25, 0.3) is 0 Å². The Morgan fingerprint density at radius 3 is 2.43 bits per heavy atom. The second-order valence-electron chi connectivity index (χ2n) is 7.51. The lowest BCUT2D eigenvalue weighted by Crippen LogP contribution is -2.45. The average molecular weight is 323 g/mol. The van der Waals surface area contributed by atoms with E-state index in [0.29, 0.717) is 32.2 Å². The van der Waals surface area contributed by atoms with Gasteiger partial charge in [-0.1, -0.05) is 6.92 Å². The van der Waals surface area contributed by atoms with Crippen molar-refractivity contribution in [2.75, 3.05) is 19.8 Å². The van der Waals surface area contributed by atoms with Gasteiger partial charge in [-0.15, -0.1) is 12.3 Å². The monoisotopic (exact) mass is 323 g/mol. The van der Waals surface area contributed by atoms with Crippen LogP contribution in [0.4, 0.5) is 4.79 Å². The first-order valence-electron chi connectivity index (χ1n) is 8.84. The van der Waals surface area contributed by atoms with E-state index in [1.54, 1.807) is 0 Å². The van der Waals surface area contributed by atoms with Gasteiger partial charge in [0, 0.05) is 25.6 Å². The highest BCUT2D eigenvalue weighted by atomic mass is 16.6. The molecule has 4 heteroatoms. The zero-order chi connectivity index (χ0) is 17.3. The van der Waals surface area contributed by atoms with Crippen molar-refractivity contribution in [2.45, 2.75) is 77.9 Å². The highest BCUT2D eigenvalue weighted by Crippen LogP contribution is 2.28. The van der Waals surface area contributed by atoms with Gasteiger partial charge >= 0.3 is 6.09 Å². The van der Waals surface area contributed by atoms with Crippen molar-refractivity contribution in [3.63, 3.8) is 0 Å². The zero-order valence-electron chi connectivity index (χ0n) is 15.3. The van der Waals surface area contributed by atoms with Gasteiger partial charge in [-0.2, -0.15) is 0 Å². The van der Waals surface area contributed by atoms with E-state index >= 15 is 0 Å². The van der Waals surface area contributed by atoms with Crippen LogP contribution in [0.2, 0.25) is 0 Å². The minimum atomic E-state index is -0.458. The van der Waals surface area contributed by atoms with Gasteiger partial charge in [-0.05, 0) is 58.8 Å². The fourth-order valence-electron chi connectivity index (χ4n) is 2.87. The van der Waals surface area contributed by atoms with E-state index in [9.17, 15) is 4.79 Å². The third-order valence-corrected chi connectivity index (χ3v) is 4.13. The quantitative estimate of drug-likeness (QED) is 0.520. The molecule has 1 amide bonds. The number of rotatable bonds is 7. The summed E-state index contributed by atoms with van der Waals surface area (Å²) in [6.45, 7) is 9.92. The molecule has 1 fully saturated rings. The van der Waals surface area contributed by atoms with Crippen LogP contribution in [0.3, 0.4) is 0 Å². The highest BCUT2D eigenvalue weighted by molar-refractivity contribution is 5.68. The van der Waals surface area contributed by atoms with Crippen LogP contribution >= 0.6 is 0 Å². The van der Waals surface area contributed by atoms with Crippen molar-refractivity contribution in [2.24, 2.45) is 5.92 Å². The molecule has 1 rings (SSSR count). The smallest absolute Gasteiger partial charge is 0.410 e. The maximum atomic E-state index is 12.5. The van der Waals surface area contributed by atoms with Gasteiger partial charge in [0.1, 0.15) is 5.60 Å². The first-order chi connectivity index (χ1) is 10.8. The molecule has 132 valence electrons. The van der Waals surface area contributed by atoms with Crippen molar-refractivity contribution in [3.05, 3.63) is 0 Å². The molecule has 0 aromatic rings. The minimum absolute atomic E-state index is 0.194. The van der Waals surface area contributed by atoms with Gasteiger partial charge in [0.15, 0.2) is 0 Å². The van der Waals surface area contributed by atoms with E-state index in [1.165, 1.54) is 12.8 Å². The number of ether oxygens (including phenoxy) is 2. The molecule has 0 saturated heterocycles. The van der Waals surface area contributed by atoms with Crippen molar-refractivity contribution in [3.8, 4) is 12.3 Å². The van der Waals surface area contributed by atoms with Gasteiger partial charge in [-0.25, -0.2) is 4.79 Å². The first kappa shape index (κ1) is 19.8. The Kier molecular flexibility index (Phi) is 8.47. The van der Waals surface area contributed by atoms with Gasteiger partial charge in [0.2, 0.25) is 0 Å². The van der Waals surface area contributed by atoms with Crippen molar-refractivity contribution < 1.29 is 14.3 Å². The summed E-state index contributed by atoms with van der Waals surface area (Å²) in [5.74, 6) is 3.32. The summed E-state index contributed by atoms with van der Waals surface area (Å²) < 4.78 is 11.1. The summed E-state index contributed by atoms with van der Waals surface area (Å²) in [7, 11) is 0. The minimum Gasteiger partial charge on any atom is -0.444 e. The number of hydrogen-bond donors (Lipinski definition) is 0. The summed E-state index contributed by atoms with van der Waals surface area (Å²) in [5, 5.41) is 0. The summed E-state index contributed by atoms with van der Waals surface area (Å²) in [5.41, 5.74) is -0.458. The molecule has 0 heterocycles. The fourth-order valence-corrected chi connectivity index (χ4v) is 2.87. The van der Waals surface area contributed by atoms with Crippen molar-refractivity contribution in [1.82, 2.24) is 4.90 Å². The second-order valence-corrected chi connectivity index (χ2v) is 7.51. The molecule has 0 bridgehead atoms. The van der Waals surface area contributed by atoms with Crippen molar-refractivity contribution in [1.29, 1.82) is 0 Å². The van der Waals surface area contributed by atoms with E-state index in [-0.39, 0.29) is 6.09 Å². The van der Waals surface area contributed by atoms with E-state index in [1.807, 2.05) is 25.7 Å². The Morgan fingerprint density at radius 2 is 1.87 bits per heavy atom. The number of amides is 1. The Morgan fingerprint density at radius 1 is 1.22 bits per heavy atom. The first-order valence-corrected chi connectivity index (χ1v) is 8.84. The lowest BCUT2D eigenvalue weighted by molar-refractivity contribution is 0.00814. The molecule has 1 aliphatic carbocycles. The summed E-state index contributed by atoms with van der Waals surface area (Å²) in [4.78, 5) is 14.5. The normalized spacial score (nSPS) is 21.5. The predicted molar refractivity (Wildman–Crippen MR) is 93.2 cm³/mol. The SMILES string of the molecule is C#CCCOCCCN(C(=O)OC(C)(C)C)[C@H]1CC[C@@H](C)CC1. The number of terminal acetylenes is 1. The van der Waals surface area contributed by atoms with Crippen LogP contribution in [-0.2, 0) is 9.47 Å². The molecule has 0 atom stereocenters. The van der Waals surface area contributed by atoms with Gasteiger partial charge < -0.3 is 14.4 Å². The fraction of sp³-hybridized carbons (Fsp3) is 0.842. The molecule has 4 nitrogen and oxygen atoms in total. The van der Waals surface area contributed by atoms with Crippen LogP contribution < -0.4 is 0 Å². The number of nitrogens with zero attached hydrogens (tertiary/aromatic N) is 1. The summed E-state index contributed by atoms with van der Waals surface area (Å²) in [6.07, 6.45) is 11.0. The van der Waals surface area contributed by atoms with Crippen LogP contribution in [0.15, 0.2) is 0 Å². The molecule has 0 aromatic carbocycles. The summed E-state index contributed by atoms with van der Waals surface area (Å²) >= 11 is 0. The predicted octanol–water partition coefficient (Wildman–Crippen LogP) is 4.23. The third kappa shape index (κ3) is 8.27. The molecule has 0 unspecified atom stereocenters. The molecule has 0 radical (unpaired) electrons. The number of hydrogen-bond acceptors (Lipinski definition) is 3. The molecule has 23 heavy (non-hydrogen) atoms. The molecule has 0 aromatic heterocycles. The summed E-state index contributed by atoms with van der Waals surface area (Å²) in [6, 6.07) is 0.298. The lowest BCUT2D eigenvalue weighted by atomic mass is 9.86. The molecular formula is C19H33NO3. The van der Waals surface area contributed by atoms with Crippen LogP contribution in [0.1, 0.15) is 66.2 Å². The number of carbonyl (C=O) groups is 1. The molecule has 0 aliphatic heterocycles. The highest BCUT2D eigenvalue weighted by Gasteiger charge is 2.30. The van der Waals surface area contributed by atoms with E-state index in [0.717, 1.165) is 25.2 Å². The average Bonchev–Trinajstić information content (AvgIpc) is 2.46. The lowest BCUT2D eigenvalue weighted by Gasteiger charge is -2.37. The van der Waals surface area contributed by atoms with Crippen molar-refractivity contribution >= 4 is 6.09 Å².